The van der Waals surface area contributed by atoms with Crippen LogP contribution in [0.4, 0.5) is 0 Å². The molecule has 0 aromatic rings. The van der Waals surface area contributed by atoms with E-state index in [2.05, 4.69) is 0 Å². The first-order chi connectivity index (χ1) is 8.47. The van der Waals surface area contributed by atoms with Crippen LogP contribution in [0.15, 0.2) is 0 Å². The lowest BCUT2D eigenvalue weighted by Crippen LogP contribution is -2.47. The van der Waals surface area contributed by atoms with Crippen molar-refractivity contribution in [2.45, 2.75) is 31.2 Å². The number of carbonyl (C=O) groups is 1. The zero-order valence-corrected chi connectivity index (χ0v) is 12.6. The van der Waals surface area contributed by atoms with Gasteiger partial charge in [-0.05, 0) is 13.3 Å². The number of hydrogen-bond donors (Lipinski definition) is 2. The molecule has 4 N–H and O–H groups in total. The highest BCUT2D eigenvalue weighted by Gasteiger charge is 2.37. The Bertz CT molecular complexity index is 351. The Morgan fingerprint density at radius 2 is 2.28 bits per heavy atom. The van der Waals surface area contributed by atoms with E-state index in [1.165, 1.54) is 11.8 Å². The first-order valence-corrected chi connectivity index (χ1v) is 7.34. The minimum atomic E-state index is -0.304. The molecule has 0 radical (unpaired) electrons. The number of ether oxygens (including phenoxy) is 1. The molecule has 5 nitrogen and oxygen atoms in total. The molecular formula is C10H17N3O2S3. The number of nitrogens with zero attached hydrogens (tertiary/aromatic N) is 1. The van der Waals surface area contributed by atoms with Crippen LogP contribution in [0.1, 0.15) is 19.8 Å². The number of thioether (sulfide) groups is 1. The van der Waals surface area contributed by atoms with Gasteiger partial charge in [0.25, 0.3) is 0 Å². The maximum atomic E-state index is 11.2. The van der Waals surface area contributed by atoms with Crippen molar-refractivity contribution < 1.29 is 9.53 Å². The number of nitrogens with two attached hydrogens (primary N) is 2. The van der Waals surface area contributed by atoms with Crippen molar-refractivity contribution in [3.8, 4) is 0 Å². The molecule has 8 heteroatoms. The molecule has 0 aromatic heterocycles. The molecule has 18 heavy (non-hydrogen) atoms. The third-order valence-electron chi connectivity index (χ3n) is 2.50. The summed E-state index contributed by atoms with van der Waals surface area (Å²) in [6.45, 7) is 2.80. The molecule has 1 rings (SSSR count). The van der Waals surface area contributed by atoms with Crippen molar-refractivity contribution in [1.82, 2.24) is 4.90 Å². The quantitative estimate of drug-likeness (QED) is 0.545. The van der Waals surface area contributed by atoms with E-state index in [1.54, 1.807) is 6.92 Å². The van der Waals surface area contributed by atoms with E-state index in [1.807, 2.05) is 4.90 Å². The van der Waals surface area contributed by atoms with E-state index in [-0.39, 0.29) is 17.4 Å². The molecule has 1 saturated heterocycles. The van der Waals surface area contributed by atoms with Crippen LogP contribution in [0.5, 0.6) is 0 Å². The van der Waals surface area contributed by atoms with Gasteiger partial charge < -0.3 is 21.1 Å². The standard InChI is InChI=1S/C10H17N3O2S3/c1-2-15-6(14)4-3-5-13-8(11)7(9(12)16)18-10(13)17/h7-8H,2-5,11H2,1H3,(H2,12,16). The summed E-state index contributed by atoms with van der Waals surface area (Å²) < 4.78 is 5.54. The van der Waals surface area contributed by atoms with Gasteiger partial charge in [-0.25, -0.2) is 0 Å². The van der Waals surface area contributed by atoms with Crippen LogP contribution in [0, 0.1) is 0 Å². The molecule has 0 bridgehead atoms. The highest BCUT2D eigenvalue weighted by atomic mass is 32.2. The van der Waals surface area contributed by atoms with Gasteiger partial charge in [-0.15, -0.1) is 0 Å². The molecule has 1 fully saturated rings. The largest absolute Gasteiger partial charge is 0.466 e. The normalized spacial score (nSPS) is 23.2. The fourth-order valence-electron chi connectivity index (χ4n) is 1.62. The SMILES string of the molecule is CCOC(=O)CCCN1C(=S)SC(C(N)=S)C1N. The number of esters is 1. The van der Waals surface area contributed by atoms with Crippen LogP contribution in [0.25, 0.3) is 0 Å². The number of thiocarbonyl (C=S) groups is 2. The van der Waals surface area contributed by atoms with Crippen LogP contribution in [0.2, 0.25) is 0 Å². The molecule has 0 spiro atoms. The average molecular weight is 307 g/mol. The Morgan fingerprint density at radius 3 is 2.78 bits per heavy atom. The van der Waals surface area contributed by atoms with Crippen LogP contribution >= 0.6 is 36.2 Å². The van der Waals surface area contributed by atoms with Crippen molar-refractivity contribution >= 4 is 51.5 Å². The summed E-state index contributed by atoms with van der Waals surface area (Å²) in [6, 6.07) is 0. The first-order valence-electron chi connectivity index (χ1n) is 5.65. The molecule has 1 aliphatic heterocycles. The van der Waals surface area contributed by atoms with E-state index in [0.29, 0.717) is 35.3 Å². The van der Waals surface area contributed by atoms with Gasteiger partial charge in [0.2, 0.25) is 0 Å². The second-order valence-corrected chi connectivity index (χ2v) is 6.05. The van der Waals surface area contributed by atoms with Gasteiger partial charge in [-0.3, -0.25) is 4.79 Å². The number of hydrogen-bond acceptors (Lipinski definition) is 6. The van der Waals surface area contributed by atoms with Crippen LogP contribution < -0.4 is 11.5 Å². The second-order valence-electron chi connectivity index (χ2n) is 3.80. The van der Waals surface area contributed by atoms with Gasteiger partial charge in [0.05, 0.1) is 23.0 Å². The van der Waals surface area contributed by atoms with E-state index < -0.39 is 0 Å². The molecule has 2 atom stereocenters. The van der Waals surface area contributed by atoms with E-state index in [0.717, 1.165) is 0 Å². The molecule has 0 saturated carbocycles. The summed E-state index contributed by atoms with van der Waals surface area (Å²) >= 11 is 11.6. The van der Waals surface area contributed by atoms with Crippen molar-refractivity contribution in [3.05, 3.63) is 0 Å². The van der Waals surface area contributed by atoms with Crippen molar-refractivity contribution in [2.24, 2.45) is 11.5 Å². The van der Waals surface area contributed by atoms with Gasteiger partial charge >= 0.3 is 5.97 Å². The molecule has 0 aromatic carbocycles. The van der Waals surface area contributed by atoms with Gasteiger partial charge in [0.15, 0.2) is 0 Å². The van der Waals surface area contributed by atoms with Gasteiger partial charge in [0, 0.05) is 13.0 Å². The van der Waals surface area contributed by atoms with Gasteiger partial charge in [-0.1, -0.05) is 36.2 Å². The third kappa shape index (κ3) is 4.04. The summed E-state index contributed by atoms with van der Waals surface area (Å²) in [7, 11) is 0. The Hall–Kier alpha value is -0.440. The Balaban J connectivity index is 2.40. The molecule has 1 heterocycles. The highest BCUT2D eigenvalue weighted by Crippen LogP contribution is 2.29. The van der Waals surface area contributed by atoms with Crippen molar-refractivity contribution in [2.75, 3.05) is 13.2 Å². The minimum Gasteiger partial charge on any atom is -0.466 e. The van der Waals surface area contributed by atoms with Crippen molar-refractivity contribution in [3.63, 3.8) is 0 Å². The summed E-state index contributed by atoms with van der Waals surface area (Å²) in [5.41, 5.74) is 11.6. The zero-order valence-electron chi connectivity index (χ0n) is 10.1. The Labute approximate surface area is 122 Å². The molecular weight excluding hydrogens is 290 g/mol. The molecule has 1 aliphatic rings. The number of carbonyl (C=O) groups excluding carboxylic acids is 1. The van der Waals surface area contributed by atoms with Crippen LogP contribution in [-0.4, -0.2) is 44.7 Å². The summed E-state index contributed by atoms with van der Waals surface area (Å²) in [4.78, 5) is 13.4. The maximum absolute atomic E-state index is 11.2. The predicted octanol–water partition coefficient (Wildman–Crippen LogP) is 0.603. The maximum Gasteiger partial charge on any atom is 0.305 e. The summed E-state index contributed by atoms with van der Waals surface area (Å²) in [5, 5.41) is -0.143. The monoisotopic (exact) mass is 307 g/mol. The van der Waals surface area contributed by atoms with E-state index >= 15 is 0 Å². The number of rotatable bonds is 6. The molecule has 0 aliphatic carbocycles. The topological polar surface area (TPSA) is 81.6 Å². The smallest absolute Gasteiger partial charge is 0.305 e. The highest BCUT2D eigenvalue weighted by molar-refractivity contribution is 8.24. The predicted molar refractivity (Wildman–Crippen MR) is 81.3 cm³/mol. The molecule has 2 unspecified atom stereocenters. The second kappa shape index (κ2) is 7.22. The van der Waals surface area contributed by atoms with E-state index in [4.69, 9.17) is 40.6 Å². The molecule has 102 valence electrons. The Morgan fingerprint density at radius 1 is 1.61 bits per heavy atom. The fraction of sp³-hybridized carbons (Fsp3) is 0.700. The fourth-order valence-corrected chi connectivity index (χ4v) is 3.40. The first kappa shape index (κ1) is 15.6. The van der Waals surface area contributed by atoms with Crippen molar-refractivity contribution in [1.29, 1.82) is 0 Å². The van der Waals surface area contributed by atoms with Gasteiger partial charge in [-0.2, -0.15) is 0 Å². The van der Waals surface area contributed by atoms with Crippen LogP contribution in [-0.2, 0) is 9.53 Å². The minimum absolute atomic E-state index is 0.143. The summed E-state index contributed by atoms with van der Waals surface area (Å²) in [6.07, 6.45) is 0.710. The lowest BCUT2D eigenvalue weighted by molar-refractivity contribution is -0.143. The lowest BCUT2D eigenvalue weighted by Gasteiger charge is -2.24. The lowest BCUT2D eigenvalue weighted by atomic mass is 10.2. The summed E-state index contributed by atoms with van der Waals surface area (Å²) in [5.74, 6) is -0.199. The third-order valence-corrected chi connectivity index (χ3v) is 4.65. The Kier molecular flexibility index (Phi) is 6.27. The zero-order chi connectivity index (χ0) is 13.7. The molecule has 0 amide bonds. The average Bonchev–Trinajstić information content (AvgIpc) is 2.57. The van der Waals surface area contributed by atoms with E-state index in [9.17, 15) is 4.79 Å². The van der Waals surface area contributed by atoms with Crippen LogP contribution in [0.3, 0.4) is 0 Å². The van der Waals surface area contributed by atoms with Gasteiger partial charge in [0.1, 0.15) is 4.32 Å².